The summed E-state index contributed by atoms with van der Waals surface area (Å²) in [5.41, 5.74) is 5.20. The van der Waals surface area contributed by atoms with Gasteiger partial charge in [-0.15, -0.1) is 0 Å². The fourth-order valence-corrected chi connectivity index (χ4v) is 4.05. The first kappa shape index (κ1) is 16.6. The molecule has 0 aliphatic rings. The summed E-state index contributed by atoms with van der Waals surface area (Å²) in [7, 11) is 2.16. The number of rotatable bonds is 4. The third kappa shape index (κ3) is 2.62. The molecule has 26 heavy (non-hydrogen) atoms. The first-order chi connectivity index (χ1) is 12.7. The summed E-state index contributed by atoms with van der Waals surface area (Å²) < 4.78 is 2.30. The molecule has 1 aromatic heterocycles. The highest BCUT2D eigenvalue weighted by atomic mass is 15.2. The van der Waals surface area contributed by atoms with Crippen LogP contribution in [0.4, 0.5) is 5.69 Å². The molecular weight excluding hydrogens is 316 g/mol. The highest BCUT2D eigenvalue weighted by molar-refractivity contribution is 6.05. The van der Waals surface area contributed by atoms with E-state index in [1.54, 1.807) is 0 Å². The van der Waals surface area contributed by atoms with Crippen LogP contribution in [0.5, 0.6) is 0 Å². The number of benzene rings is 3. The van der Waals surface area contributed by atoms with Crippen LogP contribution in [-0.2, 0) is 7.05 Å². The second-order valence-electron chi connectivity index (χ2n) is 6.81. The second kappa shape index (κ2) is 6.80. The summed E-state index contributed by atoms with van der Waals surface area (Å²) in [6.07, 6.45) is 0. The minimum absolute atomic E-state index is 0.306. The smallest absolute Gasteiger partial charge is 0.214 e. The van der Waals surface area contributed by atoms with Crippen molar-refractivity contribution in [1.82, 2.24) is 0 Å². The van der Waals surface area contributed by atoms with Gasteiger partial charge in [0.05, 0.1) is 22.5 Å². The fraction of sp³-hybridized carbons (Fsp3) is 0.208. The van der Waals surface area contributed by atoms with E-state index < -0.39 is 0 Å². The van der Waals surface area contributed by atoms with Gasteiger partial charge in [-0.25, -0.2) is 0 Å². The second-order valence-corrected chi connectivity index (χ2v) is 6.81. The largest absolute Gasteiger partial charge is 0.364 e. The highest BCUT2D eigenvalue weighted by Crippen LogP contribution is 2.37. The molecule has 3 aromatic carbocycles. The molecule has 130 valence electrons. The minimum Gasteiger partial charge on any atom is -0.364 e. The molecule has 1 unspecified atom stereocenters. The first-order valence-corrected chi connectivity index (χ1v) is 9.33. The number of nitrogens with zero attached hydrogens (tertiary/aromatic N) is 2. The summed E-state index contributed by atoms with van der Waals surface area (Å²) in [5, 5.41) is 2.61. The van der Waals surface area contributed by atoms with Crippen molar-refractivity contribution in [2.24, 2.45) is 7.05 Å². The van der Waals surface area contributed by atoms with Gasteiger partial charge in [-0.1, -0.05) is 54.6 Å². The predicted molar refractivity (Wildman–Crippen MR) is 111 cm³/mol. The van der Waals surface area contributed by atoms with Gasteiger partial charge in [-0.2, -0.15) is 4.57 Å². The van der Waals surface area contributed by atoms with Gasteiger partial charge in [0.2, 0.25) is 11.0 Å². The summed E-state index contributed by atoms with van der Waals surface area (Å²) in [5.74, 6) is 0. The van der Waals surface area contributed by atoms with E-state index >= 15 is 0 Å². The van der Waals surface area contributed by atoms with Gasteiger partial charge in [0.15, 0.2) is 0 Å². The third-order valence-electron chi connectivity index (χ3n) is 5.42. The number of pyridine rings is 1. The fourth-order valence-electron chi connectivity index (χ4n) is 4.05. The van der Waals surface area contributed by atoms with E-state index in [0.717, 1.165) is 6.54 Å². The molecule has 4 rings (SSSR count). The Morgan fingerprint density at radius 1 is 0.769 bits per heavy atom. The van der Waals surface area contributed by atoms with Crippen LogP contribution < -0.4 is 9.47 Å². The van der Waals surface area contributed by atoms with Gasteiger partial charge >= 0.3 is 0 Å². The zero-order chi connectivity index (χ0) is 18.1. The van der Waals surface area contributed by atoms with Crippen LogP contribution in [0.25, 0.3) is 21.8 Å². The predicted octanol–water partition coefficient (Wildman–Crippen LogP) is 5.41. The molecule has 2 nitrogen and oxygen atoms in total. The van der Waals surface area contributed by atoms with Crippen molar-refractivity contribution in [2.75, 3.05) is 11.4 Å². The number of para-hydroxylation sites is 2. The Bertz CT molecular complexity index is 997. The Labute approximate surface area is 155 Å². The molecule has 0 bridgehead atoms. The maximum atomic E-state index is 2.53. The number of hydrogen-bond acceptors (Lipinski definition) is 1. The maximum Gasteiger partial charge on any atom is 0.214 e. The Balaban J connectivity index is 2.03. The molecule has 0 spiro atoms. The highest BCUT2D eigenvalue weighted by Gasteiger charge is 2.24. The summed E-state index contributed by atoms with van der Waals surface area (Å²) in [6, 6.07) is 28.5. The standard InChI is InChI=1S/C24H25N2/c1-4-26(18(2)19-12-6-5-7-13-19)24-20-14-8-10-16-22(20)25(3)23-17-11-9-15-21(23)24/h5-18H,4H2,1-3H3/q+1. The van der Waals surface area contributed by atoms with Crippen molar-refractivity contribution in [3.05, 3.63) is 84.4 Å². The molecular formula is C24H25N2+. The maximum absolute atomic E-state index is 2.53. The Morgan fingerprint density at radius 3 is 1.81 bits per heavy atom. The zero-order valence-corrected chi connectivity index (χ0v) is 15.7. The molecule has 0 radical (unpaired) electrons. The van der Waals surface area contributed by atoms with E-state index in [1.807, 2.05) is 0 Å². The first-order valence-electron chi connectivity index (χ1n) is 9.33. The molecule has 0 saturated carbocycles. The third-order valence-corrected chi connectivity index (χ3v) is 5.42. The monoisotopic (exact) mass is 341 g/mol. The van der Waals surface area contributed by atoms with Crippen LogP contribution in [0, 0.1) is 0 Å². The topological polar surface area (TPSA) is 7.12 Å². The average molecular weight is 341 g/mol. The van der Waals surface area contributed by atoms with Gasteiger partial charge < -0.3 is 4.90 Å². The SMILES string of the molecule is CCN(c1c2ccccc2[n+](C)c2ccccc12)C(C)c1ccccc1. The van der Waals surface area contributed by atoms with E-state index in [-0.39, 0.29) is 0 Å². The number of aromatic nitrogens is 1. The van der Waals surface area contributed by atoms with Crippen LogP contribution >= 0.6 is 0 Å². The lowest BCUT2D eigenvalue weighted by Gasteiger charge is -2.32. The van der Waals surface area contributed by atoms with Crippen molar-refractivity contribution < 1.29 is 4.57 Å². The Hall–Kier alpha value is -2.87. The van der Waals surface area contributed by atoms with E-state index in [9.17, 15) is 0 Å². The van der Waals surface area contributed by atoms with Gasteiger partial charge in [0.25, 0.3) is 0 Å². The Morgan fingerprint density at radius 2 is 1.27 bits per heavy atom. The Kier molecular flexibility index (Phi) is 4.34. The number of fused-ring (bicyclic) bond motifs is 2. The van der Waals surface area contributed by atoms with Crippen molar-refractivity contribution >= 4 is 27.5 Å². The number of anilines is 1. The van der Waals surface area contributed by atoms with E-state index in [1.165, 1.54) is 33.1 Å². The van der Waals surface area contributed by atoms with Crippen molar-refractivity contribution in [3.63, 3.8) is 0 Å². The van der Waals surface area contributed by atoms with Crippen LogP contribution in [0.15, 0.2) is 78.9 Å². The van der Waals surface area contributed by atoms with Crippen LogP contribution in [0.2, 0.25) is 0 Å². The lowest BCUT2D eigenvalue weighted by atomic mass is 10.0. The van der Waals surface area contributed by atoms with Gasteiger partial charge in [0.1, 0.15) is 7.05 Å². The minimum atomic E-state index is 0.306. The molecule has 0 saturated heterocycles. The van der Waals surface area contributed by atoms with E-state index in [0.29, 0.717) is 6.04 Å². The molecule has 0 aliphatic carbocycles. The van der Waals surface area contributed by atoms with Crippen LogP contribution in [0.1, 0.15) is 25.5 Å². The quantitative estimate of drug-likeness (QED) is 0.356. The summed E-state index contributed by atoms with van der Waals surface area (Å²) in [4.78, 5) is 2.53. The summed E-state index contributed by atoms with van der Waals surface area (Å²) in [6.45, 7) is 5.50. The lowest BCUT2D eigenvalue weighted by Crippen LogP contribution is -2.33. The molecule has 4 aromatic rings. The zero-order valence-electron chi connectivity index (χ0n) is 15.7. The van der Waals surface area contributed by atoms with Gasteiger partial charge in [0, 0.05) is 18.7 Å². The lowest BCUT2D eigenvalue weighted by molar-refractivity contribution is -0.617. The molecule has 1 atom stereocenters. The average Bonchev–Trinajstić information content (AvgIpc) is 2.71. The van der Waals surface area contributed by atoms with Gasteiger partial charge in [-0.3, -0.25) is 0 Å². The molecule has 0 fully saturated rings. The molecule has 1 heterocycles. The molecule has 0 amide bonds. The van der Waals surface area contributed by atoms with Gasteiger partial charge in [-0.05, 0) is 31.5 Å². The number of aryl methyl sites for hydroxylation is 1. The molecule has 0 aliphatic heterocycles. The normalized spacial score (nSPS) is 12.4. The van der Waals surface area contributed by atoms with Crippen molar-refractivity contribution in [1.29, 1.82) is 0 Å². The van der Waals surface area contributed by atoms with Crippen LogP contribution in [-0.4, -0.2) is 6.54 Å². The summed E-state index contributed by atoms with van der Waals surface area (Å²) >= 11 is 0. The van der Waals surface area contributed by atoms with E-state index in [2.05, 4.69) is 109 Å². The van der Waals surface area contributed by atoms with E-state index in [4.69, 9.17) is 0 Å². The number of hydrogen-bond donors (Lipinski definition) is 0. The molecule has 2 heteroatoms. The van der Waals surface area contributed by atoms with Crippen molar-refractivity contribution in [3.8, 4) is 0 Å². The van der Waals surface area contributed by atoms with Crippen LogP contribution in [0.3, 0.4) is 0 Å². The molecule has 0 N–H and O–H groups in total. The van der Waals surface area contributed by atoms with Crippen molar-refractivity contribution in [2.45, 2.75) is 19.9 Å².